The van der Waals surface area contributed by atoms with E-state index in [2.05, 4.69) is 65.2 Å². The predicted octanol–water partition coefficient (Wildman–Crippen LogP) is 7.58. The smallest absolute Gasteiger partial charge is 0.189 e. The van der Waals surface area contributed by atoms with Gasteiger partial charge in [-0.25, -0.2) is 4.98 Å². The molecule has 0 spiro atoms. The summed E-state index contributed by atoms with van der Waals surface area (Å²) in [5.74, 6) is 3.10. The third-order valence-electron chi connectivity index (χ3n) is 15.2. The number of anilines is 3. The zero-order valence-electron chi connectivity index (χ0n) is 35.5. The van der Waals surface area contributed by atoms with Crippen LogP contribution >= 0.6 is 11.3 Å². The Hall–Kier alpha value is -3.75. The van der Waals surface area contributed by atoms with Crippen LogP contribution in [0, 0.1) is 41.9 Å². The number of hydrogen-bond donors (Lipinski definition) is 5. The van der Waals surface area contributed by atoms with Gasteiger partial charge in [0.05, 0.1) is 16.4 Å². The average molecular weight is 822 g/mol. The van der Waals surface area contributed by atoms with Gasteiger partial charge < -0.3 is 30.9 Å². The zero-order chi connectivity index (χ0) is 41.2. The monoisotopic (exact) mass is 821 g/mol. The molecule has 13 heteroatoms. The molecule has 5 N–H and O–H groups in total. The summed E-state index contributed by atoms with van der Waals surface area (Å²) in [6, 6.07) is 8.10. The molecular formula is C46H63N9O3S. The molecule has 0 saturated heterocycles. The van der Waals surface area contributed by atoms with Crippen LogP contribution < -0.4 is 15.5 Å². The van der Waals surface area contributed by atoms with E-state index in [1.165, 1.54) is 51.4 Å². The Balaban J connectivity index is 0.958. The van der Waals surface area contributed by atoms with Crippen molar-refractivity contribution in [1.29, 1.82) is 0 Å². The number of nitrogens with zero attached hydrogens (tertiary/aromatic N) is 7. The van der Waals surface area contributed by atoms with Crippen LogP contribution in [0.5, 0.6) is 0 Å². The average Bonchev–Trinajstić information content (AvgIpc) is 3.77. The van der Waals surface area contributed by atoms with Crippen LogP contribution in [0.25, 0.3) is 10.2 Å². The summed E-state index contributed by atoms with van der Waals surface area (Å²) in [6.45, 7) is 14.9. The first kappa shape index (κ1) is 40.6. The number of aromatic nitrogens is 5. The van der Waals surface area contributed by atoms with Gasteiger partial charge in [-0.2, -0.15) is 5.10 Å². The molecule has 3 saturated carbocycles. The number of aliphatic hydroxyl groups excluding tert-OH is 2. The second kappa shape index (κ2) is 15.6. The fourth-order valence-corrected chi connectivity index (χ4v) is 13.8. The quantitative estimate of drug-likeness (QED) is 0.0673. The molecule has 4 aromatic rings. The maximum atomic E-state index is 11.1. The van der Waals surface area contributed by atoms with E-state index < -0.39 is 11.8 Å². The summed E-state index contributed by atoms with van der Waals surface area (Å²) in [5, 5.41) is 53.7. The molecule has 0 amide bonds. The van der Waals surface area contributed by atoms with Crippen molar-refractivity contribution in [3.63, 3.8) is 0 Å². The van der Waals surface area contributed by atoms with Crippen molar-refractivity contribution >= 4 is 44.2 Å². The molecular weight excluding hydrogens is 759 g/mol. The maximum absolute atomic E-state index is 11.1. The number of para-hydroxylation sites is 1. The van der Waals surface area contributed by atoms with Crippen molar-refractivity contribution in [1.82, 2.24) is 30.3 Å². The van der Waals surface area contributed by atoms with Crippen LogP contribution in [0.1, 0.15) is 113 Å². The molecule has 3 aromatic heterocycles. The van der Waals surface area contributed by atoms with E-state index in [1.54, 1.807) is 11.3 Å². The molecule has 3 bridgehead atoms. The minimum atomic E-state index is -1.70. The molecule has 12 nitrogen and oxygen atoms in total. The highest BCUT2D eigenvalue weighted by Crippen LogP contribution is 2.71. The molecule has 7 unspecified atom stereocenters. The van der Waals surface area contributed by atoms with Gasteiger partial charge in [-0.3, -0.25) is 9.67 Å². The Morgan fingerprint density at radius 3 is 2.69 bits per heavy atom. The third-order valence-corrected chi connectivity index (χ3v) is 16.2. The minimum Gasteiger partial charge on any atom is -0.396 e. The highest BCUT2D eigenvalue weighted by atomic mass is 32.1. The van der Waals surface area contributed by atoms with Crippen molar-refractivity contribution < 1.29 is 15.3 Å². The second-order valence-electron chi connectivity index (χ2n) is 19.6. The van der Waals surface area contributed by atoms with E-state index >= 15 is 0 Å². The lowest BCUT2D eigenvalue weighted by Gasteiger charge is -2.67. The fourth-order valence-electron chi connectivity index (χ4n) is 12.9. The highest BCUT2D eigenvalue weighted by Gasteiger charge is 2.62. The Bertz CT molecular complexity index is 2220. The summed E-state index contributed by atoms with van der Waals surface area (Å²) in [4.78, 5) is 12.0. The van der Waals surface area contributed by atoms with Gasteiger partial charge in [0, 0.05) is 48.0 Å². The number of nitrogens with one attached hydrogen (secondary N) is 2. The topological polar surface area (TPSA) is 157 Å². The number of rotatable bonds is 13. The Labute approximate surface area is 352 Å². The SMILES string of the molecule is Cc1c(Nc2nc3ccccc3s2)nnc2c1CCCN2C1=NC(C)(C(O)O)C(c2cnn(CC34CC5(C)CCC3C(C)CC(CCCNCCCO)(C5)C4)c2C)C=C1. The van der Waals surface area contributed by atoms with E-state index in [4.69, 9.17) is 20.2 Å². The molecule has 0 radical (unpaired) electrons. The molecule has 59 heavy (non-hydrogen) atoms. The molecule has 316 valence electrons. The van der Waals surface area contributed by atoms with E-state index in [1.807, 2.05) is 37.4 Å². The summed E-state index contributed by atoms with van der Waals surface area (Å²) in [7, 11) is 0. The Morgan fingerprint density at radius 1 is 1.05 bits per heavy atom. The number of fused-ring (bicyclic) bond motifs is 4. The number of aliphatic imine (C=N–C) groups is 1. The molecule has 5 heterocycles. The lowest BCUT2D eigenvalue weighted by atomic mass is 9.38. The van der Waals surface area contributed by atoms with Crippen LogP contribution in [0.2, 0.25) is 0 Å². The lowest BCUT2D eigenvalue weighted by molar-refractivity contribution is -0.175. The molecule has 3 aliphatic carbocycles. The molecule has 7 atom stereocenters. The van der Waals surface area contributed by atoms with Crippen molar-refractivity contribution in [2.75, 3.05) is 36.5 Å². The molecule has 1 aromatic carbocycles. The second-order valence-corrected chi connectivity index (χ2v) is 20.6. The zero-order valence-corrected chi connectivity index (χ0v) is 36.4. The predicted molar refractivity (Wildman–Crippen MR) is 235 cm³/mol. The van der Waals surface area contributed by atoms with Crippen LogP contribution in [0.3, 0.4) is 0 Å². The van der Waals surface area contributed by atoms with E-state index in [0.29, 0.717) is 40.9 Å². The van der Waals surface area contributed by atoms with Gasteiger partial charge in [0.15, 0.2) is 23.1 Å². The van der Waals surface area contributed by atoms with Crippen molar-refractivity contribution in [2.45, 2.75) is 130 Å². The fraction of sp³-hybridized carbons (Fsp3) is 0.630. The first-order valence-corrected chi connectivity index (χ1v) is 22.9. The number of benzene rings is 1. The number of thiazole rings is 1. The summed E-state index contributed by atoms with van der Waals surface area (Å²) in [6.07, 6.45) is 17.2. The van der Waals surface area contributed by atoms with Gasteiger partial charge in [-0.15, -0.1) is 10.2 Å². The molecule has 3 fully saturated rings. The van der Waals surface area contributed by atoms with Crippen LogP contribution in [-0.4, -0.2) is 84.2 Å². The Morgan fingerprint density at radius 2 is 1.88 bits per heavy atom. The van der Waals surface area contributed by atoms with E-state index in [-0.39, 0.29) is 17.9 Å². The van der Waals surface area contributed by atoms with Crippen LogP contribution in [0.15, 0.2) is 47.6 Å². The van der Waals surface area contributed by atoms with Crippen LogP contribution in [0.4, 0.5) is 16.8 Å². The lowest BCUT2D eigenvalue weighted by Crippen LogP contribution is -2.59. The number of aliphatic hydroxyl groups is 3. The molecule has 2 aliphatic heterocycles. The third kappa shape index (κ3) is 7.32. The molecule has 5 aliphatic rings. The van der Waals surface area contributed by atoms with Crippen molar-refractivity contribution in [2.24, 2.45) is 33.1 Å². The van der Waals surface area contributed by atoms with E-state index in [0.717, 1.165) is 82.4 Å². The summed E-state index contributed by atoms with van der Waals surface area (Å²) in [5.41, 5.74) is 4.82. The Kier molecular flexibility index (Phi) is 10.8. The normalized spacial score (nSPS) is 31.2. The highest BCUT2D eigenvalue weighted by molar-refractivity contribution is 7.22. The van der Waals surface area contributed by atoms with Crippen LogP contribution in [-0.2, 0) is 13.0 Å². The van der Waals surface area contributed by atoms with Gasteiger partial charge >= 0.3 is 0 Å². The minimum absolute atomic E-state index is 0.194. The number of dihydropyridines is 1. The first-order valence-electron chi connectivity index (χ1n) is 22.1. The number of hydrogen-bond acceptors (Lipinski definition) is 12. The van der Waals surface area contributed by atoms with Crippen molar-refractivity contribution in [3.8, 4) is 0 Å². The van der Waals surface area contributed by atoms with Gasteiger partial charge in [-0.1, -0.05) is 43.4 Å². The van der Waals surface area contributed by atoms with Gasteiger partial charge in [0.25, 0.3) is 0 Å². The van der Waals surface area contributed by atoms with E-state index in [9.17, 15) is 15.3 Å². The van der Waals surface area contributed by atoms with Gasteiger partial charge in [-0.05, 0) is 151 Å². The summed E-state index contributed by atoms with van der Waals surface area (Å²) >= 11 is 1.59. The van der Waals surface area contributed by atoms with Crippen molar-refractivity contribution in [3.05, 3.63) is 65.0 Å². The standard InChI is InChI=1S/C46H63N9O3S/c1-29-23-45(17-9-19-47-20-10-22-56)25-43(4)18-16-34(29)46(26-43,27-45)28-55-31(3)33(24-48-55)35-14-15-38(51-44(35,5)41(57)58)54-21-8-11-32-30(2)39(52-53-40(32)54)50-42-49-36-12-6-7-13-37(36)59-42/h6-7,12-15,24,29,34-35,41,47,56-58H,8-11,16-23,25-28H2,1-5H3,(H,49,50,52). The maximum Gasteiger partial charge on any atom is 0.189 e. The van der Waals surface area contributed by atoms with Gasteiger partial charge in [0.1, 0.15) is 11.4 Å². The number of amidine groups is 1. The largest absolute Gasteiger partial charge is 0.396 e. The first-order chi connectivity index (χ1) is 28.3. The molecule has 9 rings (SSSR count). The summed E-state index contributed by atoms with van der Waals surface area (Å²) < 4.78 is 3.37. The van der Waals surface area contributed by atoms with Gasteiger partial charge in [0.2, 0.25) is 0 Å².